The Morgan fingerprint density at radius 1 is 1.45 bits per heavy atom. The molecular formula is C14H24N2O4. The van der Waals surface area contributed by atoms with Crippen LogP contribution in [-0.2, 0) is 14.3 Å². The summed E-state index contributed by atoms with van der Waals surface area (Å²) in [6.07, 6.45) is 3.70. The van der Waals surface area contributed by atoms with Gasteiger partial charge in [-0.25, -0.2) is 0 Å². The molecule has 0 aromatic heterocycles. The minimum Gasteiger partial charge on any atom is -0.481 e. The van der Waals surface area contributed by atoms with Crippen LogP contribution in [0.15, 0.2) is 0 Å². The number of nitrogens with one attached hydrogen (secondary N) is 1. The largest absolute Gasteiger partial charge is 0.481 e. The molecule has 2 aliphatic heterocycles. The number of hydrogen-bond acceptors (Lipinski definition) is 4. The molecule has 0 aliphatic carbocycles. The zero-order valence-corrected chi connectivity index (χ0v) is 12.0. The molecule has 3 unspecified atom stereocenters. The first-order valence-electron chi connectivity index (χ1n) is 7.37. The van der Waals surface area contributed by atoms with Crippen molar-refractivity contribution in [2.24, 2.45) is 5.92 Å². The van der Waals surface area contributed by atoms with Gasteiger partial charge in [-0.1, -0.05) is 0 Å². The van der Waals surface area contributed by atoms with Gasteiger partial charge in [0.25, 0.3) is 0 Å². The van der Waals surface area contributed by atoms with Crippen LogP contribution in [-0.4, -0.2) is 60.8 Å². The third-order valence-electron chi connectivity index (χ3n) is 4.32. The Labute approximate surface area is 119 Å². The standard InChI is InChI=1S/C14H24N2O4/c1-20-11-7-12(15-8-11)14(19)16-6-2-3-10(9-16)4-5-13(17)18/h10-12,15H,2-9H2,1H3,(H,17,18). The third kappa shape index (κ3) is 3.93. The lowest BCUT2D eigenvalue weighted by Gasteiger charge is -2.34. The number of carbonyl (C=O) groups is 2. The second kappa shape index (κ2) is 7.04. The van der Waals surface area contributed by atoms with Gasteiger partial charge in [0.15, 0.2) is 0 Å². The van der Waals surface area contributed by atoms with Crippen molar-refractivity contribution in [3.8, 4) is 0 Å². The summed E-state index contributed by atoms with van der Waals surface area (Å²) in [7, 11) is 1.67. The van der Waals surface area contributed by atoms with Gasteiger partial charge in [-0.05, 0) is 31.6 Å². The fraction of sp³-hybridized carbons (Fsp3) is 0.857. The van der Waals surface area contributed by atoms with E-state index in [1.54, 1.807) is 7.11 Å². The summed E-state index contributed by atoms with van der Waals surface area (Å²) in [5.74, 6) is -0.290. The van der Waals surface area contributed by atoms with Crippen LogP contribution in [0.1, 0.15) is 32.1 Å². The molecule has 2 N–H and O–H groups in total. The van der Waals surface area contributed by atoms with Gasteiger partial charge < -0.3 is 20.1 Å². The Morgan fingerprint density at radius 3 is 2.90 bits per heavy atom. The van der Waals surface area contributed by atoms with E-state index in [9.17, 15) is 9.59 Å². The van der Waals surface area contributed by atoms with E-state index >= 15 is 0 Å². The molecule has 0 saturated carbocycles. The summed E-state index contributed by atoms with van der Waals surface area (Å²) in [5, 5.41) is 12.0. The molecule has 2 heterocycles. The van der Waals surface area contributed by atoms with Gasteiger partial charge in [-0.3, -0.25) is 9.59 Å². The molecule has 2 fully saturated rings. The summed E-state index contributed by atoms with van der Waals surface area (Å²) in [6.45, 7) is 2.21. The van der Waals surface area contributed by atoms with Crippen molar-refractivity contribution in [2.75, 3.05) is 26.7 Å². The molecular weight excluding hydrogens is 260 g/mol. The van der Waals surface area contributed by atoms with Crippen LogP contribution in [0.5, 0.6) is 0 Å². The summed E-state index contributed by atoms with van der Waals surface area (Å²) in [4.78, 5) is 25.0. The van der Waals surface area contributed by atoms with Gasteiger partial charge in [-0.15, -0.1) is 0 Å². The van der Waals surface area contributed by atoms with Crippen molar-refractivity contribution in [2.45, 2.75) is 44.2 Å². The first kappa shape index (κ1) is 15.3. The van der Waals surface area contributed by atoms with Crippen LogP contribution in [0, 0.1) is 5.92 Å². The van der Waals surface area contributed by atoms with Crippen LogP contribution in [0.3, 0.4) is 0 Å². The Bertz CT molecular complexity index is 361. The van der Waals surface area contributed by atoms with Crippen molar-refractivity contribution < 1.29 is 19.4 Å². The summed E-state index contributed by atoms with van der Waals surface area (Å²) >= 11 is 0. The van der Waals surface area contributed by atoms with Crippen LogP contribution in [0.25, 0.3) is 0 Å². The molecule has 2 rings (SSSR count). The van der Waals surface area contributed by atoms with Crippen molar-refractivity contribution in [3.63, 3.8) is 0 Å². The Morgan fingerprint density at radius 2 is 2.25 bits per heavy atom. The second-order valence-corrected chi connectivity index (χ2v) is 5.78. The number of hydrogen-bond donors (Lipinski definition) is 2. The number of carbonyl (C=O) groups excluding carboxylic acids is 1. The van der Waals surface area contributed by atoms with Crippen LogP contribution < -0.4 is 5.32 Å². The number of aliphatic carboxylic acids is 1. The first-order chi connectivity index (χ1) is 9.60. The minimum atomic E-state index is -0.756. The van der Waals surface area contributed by atoms with Crippen molar-refractivity contribution in [3.05, 3.63) is 0 Å². The van der Waals surface area contributed by atoms with E-state index in [-0.39, 0.29) is 24.5 Å². The van der Waals surface area contributed by atoms with Crippen molar-refractivity contribution in [1.29, 1.82) is 0 Å². The topological polar surface area (TPSA) is 78.9 Å². The Balaban J connectivity index is 1.82. The van der Waals surface area contributed by atoms with Crippen molar-refractivity contribution >= 4 is 11.9 Å². The van der Waals surface area contributed by atoms with Gasteiger partial charge in [0.05, 0.1) is 12.1 Å². The molecule has 3 atom stereocenters. The molecule has 0 aromatic rings. The number of nitrogens with zero attached hydrogens (tertiary/aromatic N) is 1. The maximum absolute atomic E-state index is 12.4. The fourth-order valence-corrected chi connectivity index (χ4v) is 3.12. The molecule has 0 spiro atoms. The van der Waals surface area contributed by atoms with E-state index in [0.717, 1.165) is 32.4 Å². The number of amides is 1. The van der Waals surface area contributed by atoms with Gasteiger partial charge in [0.1, 0.15) is 0 Å². The number of piperidine rings is 1. The Kier molecular flexibility index (Phi) is 5.37. The van der Waals surface area contributed by atoms with Gasteiger partial charge in [0, 0.05) is 33.2 Å². The van der Waals surface area contributed by atoms with Gasteiger partial charge in [0.2, 0.25) is 5.91 Å². The van der Waals surface area contributed by atoms with Crippen LogP contribution in [0.2, 0.25) is 0 Å². The number of likely N-dealkylation sites (tertiary alicyclic amines) is 1. The lowest BCUT2D eigenvalue weighted by atomic mass is 9.93. The normalized spacial score (nSPS) is 30.4. The molecule has 1 amide bonds. The minimum absolute atomic E-state index is 0.122. The van der Waals surface area contributed by atoms with Gasteiger partial charge in [-0.2, -0.15) is 0 Å². The average Bonchev–Trinajstić information content (AvgIpc) is 2.93. The number of carboxylic acid groups (broad SMARTS) is 1. The second-order valence-electron chi connectivity index (χ2n) is 5.78. The number of carboxylic acids is 1. The summed E-state index contributed by atoms with van der Waals surface area (Å²) in [6, 6.07) is -0.141. The zero-order chi connectivity index (χ0) is 14.5. The van der Waals surface area contributed by atoms with Crippen LogP contribution >= 0.6 is 0 Å². The highest BCUT2D eigenvalue weighted by atomic mass is 16.5. The average molecular weight is 284 g/mol. The maximum atomic E-state index is 12.4. The first-order valence-corrected chi connectivity index (χ1v) is 7.37. The fourth-order valence-electron chi connectivity index (χ4n) is 3.12. The molecule has 2 aliphatic rings. The van der Waals surface area contributed by atoms with E-state index in [4.69, 9.17) is 9.84 Å². The van der Waals surface area contributed by atoms with E-state index in [1.165, 1.54) is 0 Å². The van der Waals surface area contributed by atoms with E-state index < -0.39 is 5.97 Å². The number of ether oxygens (including phenoxy) is 1. The molecule has 0 radical (unpaired) electrons. The highest BCUT2D eigenvalue weighted by Crippen LogP contribution is 2.23. The highest BCUT2D eigenvalue weighted by molar-refractivity contribution is 5.82. The highest BCUT2D eigenvalue weighted by Gasteiger charge is 2.34. The zero-order valence-electron chi connectivity index (χ0n) is 12.0. The molecule has 0 aromatic carbocycles. The number of rotatable bonds is 5. The predicted octanol–water partition coefficient (Wildman–Crippen LogP) is 0.467. The predicted molar refractivity (Wildman–Crippen MR) is 73.4 cm³/mol. The van der Waals surface area contributed by atoms with Crippen molar-refractivity contribution in [1.82, 2.24) is 10.2 Å². The number of methoxy groups -OCH3 is 1. The molecule has 114 valence electrons. The smallest absolute Gasteiger partial charge is 0.303 e. The molecule has 20 heavy (non-hydrogen) atoms. The van der Waals surface area contributed by atoms with Crippen LogP contribution in [0.4, 0.5) is 0 Å². The lowest BCUT2D eigenvalue weighted by Crippen LogP contribution is -2.47. The summed E-state index contributed by atoms with van der Waals surface area (Å²) < 4.78 is 5.27. The van der Waals surface area contributed by atoms with E-state index in [2.05, 4.69) is 5.32 Å². The Hall–Kier alpha value is -1.14. The lowest BCUT2D eigenvalue weighted by molar-refractivity contribution is -0.137. The summed E-state index contributed by atoms with van der Waals surface area (Å²) in [5.41, 5.74) is 0. The van der Waals surface area contributed by atoms with E-state index in [0.29, 0.717) is 18.9 Å². The molecule has 0 bridgehead atoms. The molecule has 2 saturated heterocycles. The van der Waals surface area contributed by atoms with E-state index in [1.807, 2.05) is 4.90 Å². The SMILES string of the molecule is COC1CNC(C(=O)N2CCCC(CCC(=O)O)C2)C1. The quantitative estimate of drug-likeness (QED) is 0.767. The molecule has 6 nitrogen and oxygen atoms in total. The molecule has 6 heteroatoms. The maximum Gasteiger partial charge on any atom is 0.303 e. The van der Waals surface area contributed by atoms with Gasteiger partial charge >= 0.3 is 5.97 Å². The third-order valence-corrected chi connectivity index (χ3v) is 4.32. The monoisotopic (exact) mass is 284 g/mol.